The van der Waals surface area contributed by atoms with Gasteiger partial charge in [0.05, 0.1) is 10.9 Å². The van der Waals surface area contributed by atoms with E-state index in [0.29, 0.717) is 6.04 Å². The first-order valence-corrected chi connectivity index (χ1v) is 7.35. The lowest BCUT2D eigenvalue weighted by molar-refractivity contribution is 0.124. The van der Waals surface area contributed by atoms with E-state index in [9.17, 15) is 0 Å². The summed E-state index contributed by atoms with van der Waals surface area (Å²) in [4.78, 5) is 1.28. The SMILES string of the molecule is CC(C)CCOCCNC(C)c1ccc(Cl)s1. The van der Waals surface area contributed by atoms with Crippen LogP contribution in [0.5, 0.6) is 0 Å². The fourth-order valence-electron chi connectivity index (χ4n) is 1.43. The summed E-state index contributed by atoms with van der Waals surface area (Å²) in [5.74, 6) is 0.718. The molecule has 0 saturated carbocycles. The molecular weight excluding hydrogens is 254 g/mol. The molecule has 17 heavy (non-hydrogen) atoms. The van der Waals surface area contributed by atoms with E-state index in [1.54, 1.807) is 11.3 Å². The predicted octanol–water partition coefficient (Wildman–Crippen LogP) is 4.11. The average Bonchev–Trinajstić information content (AvgIpc) is 2.69. The minimum absolute atomic E-state index is 0.348. The van der Waals surface area contributed by atoms with E-state index in [4.69, 9.17) is 16.3 Å². The minimum atomic E-state index is 0.348. The third-order valence-corrected chi connectivity index (χ3v) is 3.97. The van der Waals surface area contributed by atoms with Crippen molar-refractivity contribution in [2.75, 3.05) is 19.8 Å². The molecule has 0 aliphatic carbocycles. The van der Waals surface area contributed by atoms with Gasteiger partial charge in [-0.3, -0.25) is 0 Å². The van der Waals surface area contributed by atoms with E-state index < -0.39 is 0 Å². The summed E-state index contributed by atoms with van der Waals surface area (Å²) in [6, 6.07) is 4.37. The lowest BCUT2D eigenvalue weighted by atomic mass is 10.1. The molecule has 0 amide bonds. The summed E-state index contributed by atoms with van der Waals surface area (Å²) < 4.78 is 6.40. The van der Waals surface area contributed by atoms with Crippen LogP contribution in [0.2, 0.25) is 4.34 Å². The van der Waals surface area contributed by atoms with Crippen LogP contribution in [0, 0.1) is 5.92 Å². The molecule has 0 aliphatic rings. The second kappa shape index (κ2) is 8.09. The summed E-state index contributed by atoms with van der Waals surface area (Å²) >= 11 is 7.53. The summed E-state index contributed by atoms with van der Waals surface area (Å²) in [5, 5.41) is 3.43. The van der Waals surface area contributed by atoms with Crippen LogP contribution in [0.3, 0.4) is 0 Å². The molecule has 98 valence electrons. The van der Waals surface area contributed by atoms with Crippen molar-refractivity contribution >= 4 is 22.9 Å². The van der Waals surface area contributed by atoms with Crippen LogP contribution in [0.25, 0.3) is 0 Å². The Balaban J connectivity index is 2.06. The van der Waals surface area contributed by atoms with Crippen LogP contribution < -0.4 is 5.32 Å². The Labute approximate surface area is 113 Å². The fraction of sp³-hybridized carbons (Fsp3) is 0.692. The third-order valence-electron chi connectivity index (χ3n) is 2.56. The van der Waals surface area contributed by atoms with Gasteiger partial charge in [0.25, 0.3) is 0 Å². The van der Waals surface area contributed by atoms with Crippen LogP contribution in [0.1, 0.15) is 38.1 Å². The highest BCUT2D eigenvalue weighted by molar-refractivity contribution is 7.16. The van der Waals surface area contributed by atoms with Gasteiger partial charge in [0.1, 0.15) is 0 Å². The number of ether oxygens (including phenoxy) is 1. The fourth-order valence-corrected chi connectivity index (χ4v) is 2.52. The van der Waals surface area contributed by atoms with Crippen LogP contribution in [0.4, 0.5) is 0 Å². The van der Waals surface area contributed by atoms with Crippen molar-refractivity contribution in [1.82, 2.24) is 5.32 Å². The Morgan fingerprint density at radius 3 is 2.65 bits per heavy atom. The van der Waals surface area contributed by atoms with Gasteiger partial charge in [0.2, 0.25) is 0 Å². The molecule has 4 heteroatoms. The molecule has 1 aromatic rings. The first-order chi connectivity index (χ1) is 8.09. The molecule has 0 fully saturated rings. The molecule has 1 atom stereocenters. The molecule has 1 N–H and O–H groups in total. The van der Waals surface area contributed by atoms with Gasteiger partial charge in [-0.25, -0.2) is 0 Å². The topological polar surface area (TPSA) is 21.3 Å². The summed E-state index contributed by atoms with van der Waals surface area (Å²) in [7, 11) is 0. The van der Waals surface area contributed by atoms with Gasteiger partial charge in [-0.2, -0.15) is 0 Å². The molecule has 0 aromatic carbocycles. The number of thiophene rings is 1. The maximum absolute atomic E-state index is 5.90. The third kappa shape index (κ3) is 6.41. The summed E-state index contributed by atoms with van der Waals surface area (Å²) in [6.07, 6.45) is 1.14. The molecule has 2 nitrogen and oxygen atoms in total. The molecule has 0 radical (unpaired) electrons. The smallest absolute Gasteiger partial charge is 0.0931 e. The molecular formula is C13H22ClNOS. The van der Waals surface area contributed by atoms with Crippen LogP contribution in [-0.4, -0.2) is 19.8 Å². The Hall–Kier alpha value is -0.0900. The number of hydrogen-bond acceptors (Lipinski definition) is 3. The zero-order chi connectivity index (χ0) is 12.7. The van der Waals surface area contributed by atoms with Crippen molar-refractivity contribution in [2.24, 2.45) is 5.92 Å². The molecule has 0 bridgehead atoms. The van der Waals surface area contributed by atoms with Crippen molar-refractivity contribution in [3.63, 3.8) is 0 Å². The normalized spacial score (nSPS) is 13.2. The van der Waals surface area contributed by atoms with Crippen LogP contribution in [0.15, 0.2) is 12.1 Å². The van der Waals surface area contributed by atoms with Gasteiger partial charge in [0.15, 0.2) is 0 Å². The van der Waals surface area contributed by atoms with Crippen molar-refractivity contribution in [1.29, 1.82) is 0 Å². The number of halogens is 1. The van der Waals surface area contributed by atoms with Gasteiger partial charge in [-0.15, -0.1) is 11.3 Å². The molecule has 0 aliphatic heterocycles. The predicted molar refractivity (Wildman–Crippen MR) is 76.0 cm³/mol. The van der Waals surface area contributed by atoms with Gasteiger partial charge in [-0.05, 0) is 31.4 Å². The van der Waals surface area contributed by atoms with Crippen molar-refractivity contribution in [3.8, 4) is 0 Å². The summed E-state index contributed by atoms with van der Waals surface area (Å²) in [6.45, 7) is 9.09. The second-order valence-electron chi connectivity index (χ2n) is 4.61. The molecule has 1 rings (SSSR count). The molecule has 0 saturated heterocycles. The maximum Gasteiger partial charge on any atom is 0.0931 e. The monoisotopic (exact) mass is 275 g/mol. The van der Waals surface area contributed by atoms with E-state index in [1.807, 2.05) is 6.07 Å². The first kappa shape index (κ1) is 15.0. The highest BCUT2D eigenvalue weighted by atomic mass is 35.5. The highest BCUT2D eigenvalue weighted by Crippen LogP contribution is 2.26. The first-order valence-electron chi connectivity index (χ1n) is 6.16. The average molecular weight is 276 g/mol. The van der Waals surface area contributed by atoms with E-state index >= 15 is 0 Å². The zero-order valence-electron chi connectivity index (χ0n) is 10.8. The Morgan fingerprint density at radius 2 is 2.06 bits per heavy atom. The Morgan fingerprint density at radius 1 is 1.29 bits per heavy atom. The number of rotatable bonds is 8. The number of nitrogens with one attached hydrogen (secondary N) is 1. The van der Waals surface area contributed by atoms with E-state index in [1.165, 1.54) is 4.88 Å². The van der Waals surface area contributed by atoms with Crippen molar-refractivity contribution in [2.45, 2.75) is 33.2 Å². The molecule has 1 heterocycles. The molecule has 0 spiro atoms. The quantitative estimate of drug-likeness (QED) is 0.721. The minimum Gasteiger partial charge on any atom is -0.380 e. The molecule has 1 aromatic heterocycles. The Bertz CT molecular complexity index is 314. The standard InChI is InChI=1S/C13H22ClNOS/c1-10(2)6-8-16-9-7-15-11(3)12-4-5-13(14)17-12/h4-5,10-11,15H,6-9H2,1-3H3. The van der Waals surface area contributed by atoms with E-state index in [0.717, 1.165) is 36.4 Å². The van der Waals surface area contributed by atoms with E-state index in [-0.39, 0.29) is 0 Å². The maximum atomic E-state index is 5.90. The van der Waals surface area contributed by atoms with Gasteiger partial charge in [-0.1, -0.05) is 25.4 Å². The molecule has 1 unspecified atom stereocenters. The second-order valence-corrected chi connectivity index (χ2v) is 6.36. The van der Waals surface area contributed by atoms with Crippen molar-refractivity contribution < 1.29 is 4.74 Å². The van der Waals surface area contributed by atoms with E-state index in [2.05, 4.69) is 32.2 Å². The lowest BCUT2D eigenvalue weighted by Gasteiger charge is -2.12. The van der Waals surface area contributed by atoms with Gasteiger partial charge >= 0.3 is 0 Å². The van der Waals surface area contributed by atoms with Crippen LogP contribution >= 0.6 is 22.9 Å². The van der Waals surface area contributed by atoms with Gasteiger partial charge < -0.3 is 10.1 Å². The largest absolute Gasteiger partial charge is 0.380 e. The Kier molecular flexibility index (Phi) is 7.12. The zero-order valence-corrected chi connectivity index (χ0v) is 12.4. The van der Waals surface area contributed by atoms with Gasteiger partial charge in [0, 0.05) is 24.1 Å². The lowest BCUT2D eigenvalue weighted by Crippen LogP contribution is -2.23. The van der Waals surface area contributed by atoms with Crippen molar-refractivity contribution in [3.05, 3.63) is 21.3 Å². The van der Waals surface area contributed by atoms with Crippen LogP contribution in [-0.2, 0) is 4.74 Å². The number of hydrogen-bond donors (Lipinski definition) is 1. The highest BCUT2D eigenvalue weighted by Gasteiger charge is 2.06. The summed E-state index contributed by atoms with van der Waals surface area (Å²) in [5.41, 5.74) is 0.